The zero-order chi connectivity index (χ0) is 25.7. The second-order valence-electron chi connectivity index (χ2n) is 7.86. The van der Waals surface area contributed by atoms with Crippen LogP contribution in [-0.4, -0.2) is 37.4 Å². The number of carbonyl (C=O) groups is 2. The van der Waals surface area contributed by atoms with Crippen LogP contribution in [0.4, 0.5) is 5.82 Å². The summed E-state index contributed by atoms with van der Waals surface area (Å²) in [6.07, 6.45) is 3.57. The summed E-state index contributed by atoms with van der Waals surface area (Å²) < 4.78 is 8.76. The molecule has 0 unspecified atom stereocenters. The van der Waals surface area contributed by atoms with Gasteiger partial charge in [-0.2, -0.15) is 5.10 Å². The standard InChI is InChI=1S/C26H23N5O5/c1-29-16-19(25(34)30(2)26(29)35)13-14-24(33)36-17-23(32)27-22-15-21(18-9-5-3-6-10-18)28-31(22)20-11-7-4-8-12-20/h3-16H,17H2,1-2H3,(H,27,32)/b14-13+. The number of anilines is 1. The Morgan fingerprint density at radius 3 is 2.36 bits per heavy atom. The highest BCUT2D eigenvalue weighted by atomic mass is 16.5. The number of para-hydroxylation sites is 1. The fourth-order valence-electron chi connectivity index (χ4n) is 3.46. The normalized spacial score (nSPS) is 10.9. The molecule has 2 aromatic carbocycles. The minimum atomic E-state index is -0.817. The van der Waals surface area contributed by atoms with Crippen molar-refractivity contribution in [2.24, 2.45) is 14.1 Å². The van der Waals surface area contributed by atoms with Crippen LogP contribution in [0, 0.1) is 0 Å². The van der Waals surface area contributed by atoms with Gasteiger partial charge in [-0.05, 0) is 18.2 Å². The van der Waals surface area contributed by atoms with Crippen molar-refractivity contribution in [3.63, 3.8) is 0 Å². The molecule has 0 saturated carbocycles. The first-order valence-corrected chi connectivity index (χ1v) is 11.0. The number of amides is 1. The molecule has 4 rings (SSSR count). The van der Waals surface area contributed by atoms with Crippen LogP contribution >= 0.6 is 0 Å². The molecule has 0 aliphatic heterocycles. The minimum absolute atomic E-state index is 0.126. The Morgan fingerprint density at radius 1 is 1.00 bits per heavy atom. The number of rotatable bonds is 7. The molecule has 0 aliphatic carbocycles. The molecule has 0 spiro atoms. The monoisotopic (exact) mass is 485 g/mol. The third-order valence-electron chi connectivity index (χ3n) is 5.26. The average Bonchev–Trinajstić information content (AvgIpc) is 3.32. The van der Waals surface area contributed by atoms with Crippen LogP contribution in [-0.2, 0) is 28.4 Å². The Kier molecular flexibility index (Phi) is 7.05. The third-order valence-corrected chi connectivity index (χ3v) is 5.26. The Labute approximate surface area is 205 Å². The predicted molar refractivity (Wildman–Crippen MR) is 135 cm³/mol. The van der Waals surface area contributed by atoms with E-state index in [1.165, 1.54) is 30.9 Å². The molecular formula is C26H23N5O5. The third kappa shape index (κ3) is 5.39. The van der Waals surface area contributed by atoms with Crippen LogP contribution in [0.3, 0.4) is 0 Å². The van der Waals surface area contributed by atoms with E-state index >= 15 is 0 Å². The van der Waals surface area contributed by atoms with Gasteiger partial charge in [0.25, 0.3) is 11.5 Å². The number of nitrogens with zero attached hydrogens (tertiary/aromatic N) is 4. The predicted octanol–water partition coefficient (Wildman–Crippen LogP) is 2.13. The molecule has 1 N–H and O–H groups in total. The molecule has 10 heteroatoms. The molecule has 36 heavy (non-hydrogen) atoms. The van der Waals surface area contributed by atoms with Crippen LogP contribution < -0.4 is 16.6 Å². The van der Waals surface area contributed by atoms with Crippen LogP contribution in [0.2, 0.25) is 0 Å². The summed E-state index contributed by atoms with van der Waals surface area (Å²) in [7, 11) is 2.83. The van der Waals surface area contributed by atoms with E-state index in [-0.39, 0.29) is 5.56 Å². The van der Waals surface area contributed by atoms with Gasteiger partial charge in [0.15, 0.2) is 6.61 Å². The second kappa shape index (κ2) is 10.5. The molecule has 0 saturated heterocycles. The maximum atomic E-state index is 12.6. The lowest BCUT2D eigenvalue weighted by Gasteiger charge is -2.08. The van der Waals surface area contributed by atoms with Crippen molar-refractivity contribution in [2.45, 2.75) is 0 Å². The van der Waals surface area contributed by atoms with E-state index in [2.05, 4.69) is 10.4 Å². The minimum Gasteiger partial charge on any atom is -0.452 e. The van der Waals surface area contributed by atoms with E-state index in [9.17, 15) is 19.2 Å². The van der Waals surface area contributed by atoms with E-state index in [1.54, 1.807) is 10.7 Å². The van der Waals surface area contributed by atoms with Crippen LogP contribution in [0.5, 0.6) is 0 Å². The SMILES string of the molecule is Cn1cc(/C=C/C(=O)OCC(=O)Nc2cc(-c3ccccc3)nn2-c2ccccc2)c(=O)n(C)c1=O. The molecule has 4 aromatic rings. The quantitative estimate of drug-likeness (QED) is 0.317. The van der Waals surface area contributed by atoms with Crippen molar-refractivity contribution >= 4 is 23.8 Å². The largest absolute Gasteiger partial charge is 0.452 e. The molecule has 10 nitrogen and oxygen atoms in total. The van der Waals surface area contributed by atoms with Gasteiger partial charge >= 0.3 is 11.7 Å². The molecular weight excluding hydrogens is 462 g/mol. The Bertz CT molecular complexity index is 1550. The van der Waals surface area contributed by atoms with Gasteiger partial charge in [-0.25, -0.2) is 14.3 Å². The first-order chi connectivity index (χ1) is 17.3. The molecule has 0 bridgehead atoms. The number of hydrogen-bond donors (Lipinski definition) is 1. The maximum Gasteiger partial charge on any atom is 0.331 e. The van der Waals surface area contributed by atoms with Crippen LogP contribution in [0.1, 0.15) is 5.56 Å². The molecule has 0 radical (unpaired) electrons. The number of aromatic nitrogens is 4. The molecule has 1 amide bonds. The van der Waals surface area contributed by atoms with Crippen molar-refractivity contribution in [3.05, 3.63) is 105 Å². The Morgan fingerprint density at radius 2 is 1.67 bits per heavy atom. The first kappa shape index (κ1) is 24.1. The van der Waals surface area contributed by atoms with Crippen LogP contribution in [0.15, 0.2) is 88.6 Å². The fraction of sp³-hybridized carbons (Fsp3) is 0.115. The number of benzene rings is 2. The summed E-state index contributed by atoms with van der Waals surface area (Å²) in [6, 6.07) is 20.6. The van der Waals surface area contributed by atoms with Gasteiger partial charge in [-0.15, -0.1) is 0 Å². The first-order valence-electron chi connectivity index (χ1n) is 11.0. The van der Waals surface area contributed by atoms with Gasteiger partial charge in [-0.1, -0.05) is 48.5 Å². The summed E-state index contributed by atoms with van der Waals surface area (Å²) in [6.45, 7) is -0.547. The van der Waals surface area contributed by atoms with Gasteiger partial charge in [0.05, 0.1) is 16.9 Å². The molecule has 0 aliphatic rings. The van der Waals surface area contributed by atoms with Gasteiger partial charge in [0.2, 0.25) is 0 Å². The smallest absolute Gasteiger partial charge is 0.331 e. The van der Waals surface area contributed by atoms with Crippen molar-refractivity contribution in [3.8, 4) is 16.9 Å². The number of ether oxygens (including phenoxy) is 1. The number of hydrogen-bond acceptors (Lipinski definition) is 6. The summed E-state index contributed by atoms with van der Waals surface area (Å²) in [4.78, 5) is 48.6. The lowest BCUT2D eigenvalue weighted by molar-refractivity contribution is -0.142. The van der Waals surface area contributed by atoms with E-state index in [0.717, 1.165) is 21.9 Å². The Hall–Kier alpha value is -4.99. The zero-order valence-electron chi connectivity index (χ0n) is 19.6. The number of nitrogens with one attached hydrogen (secondary N) is 1. The van der Waals surface area contributed by atoms with Crippen molar-refractivity contribution in [1.29, 1.82) is 0 Å². The van der Waals surface area contributed by atoms with Gasteiger partial charge < -0.3 is 14.6 Å². The number of aryl methyl sites for hydroxylation is 1. The fourth-order valence-corrected chi connectivity index (χ4v) is 3.46. The molecule has 0 atom stereocenters. The topological polar surface area (TPSA) is 117 Å². The molecule has 2 heterocycles. The van der Waals surface area contributed by atoms with Gasteiger partial charge in [0, 0.05) is 38.0 Å². The van der Waals surface area contributed by atoms with E-state index in [1.807, 2.05) is 60.7 Å². The number of esters is 1. The number of carbonyl (C=O) groups excluding carboxylic acids is 2. The molecule has 2 aromatic heterocycles. The van der Waals surface area contributed by atoms with E-state index in [0.29, 0.717) is 11.5 Å². The van der Waals surface area contributed by atoms with E-state index in [4.69, 9.17) is 4.74 Å². The van der Waals surface area contributed by atoms with Gasteiger partial charge in [0.1, 0.15) is 5.82 Å². The lowest BCUT2D eigenvalue weighted by Crippen LogP contribution is -2.37. The highest BCUT2D eigenvalue weighted by Crippen LogP contribution is 2.24. The average molecular weight is 486 g/mol. The summed E-state index contributed by atoms with van der Waals surface area (Å²) in [5.74, 6) is -0.973. The summed E-state index contributed by atoms with van der Waals surface area (Å²) in [5, 5.41) is 7.35. The van der Waals surface area contributed by atoms with Crippen LogP contribution in [0.25, 0.3) is 23.0 Å². The molecule has 182 valence electrons. The van der Waals surface area contributed by atoms with Crippen molar-refractivity contribution < 1.29 is 14.3 Å². The maximum absolute atomic E-state index is 12.6. The van der Waals surface area contributed by atoms with E-state index < -0.39 is 29.7 Å². The lowest BCUT2D eigenvalue weighted by atomic mass is 10.2. The second-order valence-corrected chi connectivity index (χ2v) is 7.86. The van der Waals surface area contributed by atoms with Crippen molar-refractivity contribution in [1.82, 2.24) is 18.9 Å². The molecule has 0 fully saturated rings. The van der Waals surface area contributed by atoms with Gasteiger partial charge in [-0.3, -0.25) is 14.2 Å². The summed E-state index contributed by atoms with van der Waals surface area (Å²) >= 11 is 0. The zero-order valence-corrected chi connectivity index (χ0v) is 19.6. The highest BCUT2D eigenvalue weighted by molar-refractivity contribution is 5.94. The Balaban J connectivity index is 1.46. The highest BCUT2D eigenvalue weighted by Gasteiger charge is 2.15. The van der Waals surface area contributed by atoms with Crippen molar-refractivity contribution in [2.75, 3.05) is 11.9 Å². The summed E-state index contributed by atoms with van der Waals surface area (Å²) in [5.41, 5.74) is 1.37.